The number of hydrogen-bond acceptors (Lipinski definition) is 2. The van der Waals surface area contributed by atoms with Crippen molar-refractivity contribution in [3.8, 4) is 0 Å². The Morgan fingerprint density at radius 3 is 2.41 bits per heavy atom. The molecule has 6 heteroatoms. The second-order valence-corrected chi connectivity index (χ2v) is 5.21. The molecule has 0 aliphatic rings. The number of benzene rings is 1. The van der Waals surface area contributed by atoms with Crippen LogP contribution >= 0.6 is 0 Å². The lowest BCUT2D eigenvalue weighted by Gasteiger charge is -2.10. The van der Waals surface area contributed by atoms with Gasteiger partial charge in [-0.05, 0) is 42.8 Å². The van der Waals surface area contributed by atoms with Crippen molar-refractivity contribution in [3.05, 3.63) is 59.3 Å². The van der Waals surface area contributed by atoms with Crippen LogP contribution in [0, 0.1) is 6.92 Å². The molecule has 114 valence electrons. The Balaban J connectivity index is 1.95. The normalized spacial score (nSPS) is 12.0. The van der Waals surface area contributed by atoms with Crippen molar-refractivity contribution in [1.82, 2.24) is 9.55 Å². The van der Waals surface area contributed by atoms with Crippen LogP contribution in [0.3, 0.4) is 0 Å². The monoisotopic (exact) mass is 305 g/mol. The van der Waals surface area contributed by atoms with E-state index in [0.29, 0.717) is 12.4 Å². The van der Waals surface area contributed by atoms with Gasteiger partial charge in [-0.2, -0.15) is 13.2 Å². The van der Waals surface area contributed by atoms with Crippen LogP contribution in [-0.4, -0.2) is 9.55 Å². The summed E-state index contributed by atoms with van der Waals surface area (Å²) < 4.78 is 39.7. The third-order valence-electron chi connectivity index (χ3n) is 3.61. The number of anilines is 1. The van der Waals surface area contributed by atoms with Gasteiger partial charge in [0.15, 0.2) is 0 Å². The molecule has 1 aromatic carbocycles. The Kier molecular flexibility index (Phi) is 3.31. The van der Waals surface area contributed by atoms with E-state index in [1.807, 2.05) is 23.6 Å². The number of fused-ring (bicyclic) bond motifs is 1. The van der Waals surface area contributed by atoms with Gasteiger partial charge in [0.1, 0.15) is 5.82 Å². The van der Waals surface area contributed by atoms with Crippen LogP contribution in [0.2, 0.25) is 0 Å². The average Bonchev–Trinajstić information content (AvgIpc) is 2.74. The first kappa shape index (κ1) is 14.4. The van der Waals surface area contributed by atoms with E-state index in [4.69, 9.17) is 5.73 Å². The molecule has 0 bridgehead atoms. The van der Waals surface area contributed by atoms with Crippen molar-refractivity contribution in [2.45, 2.75) is 19.6 Å². The minimum atomic E-state index is -4.31. The zero-order valence-electron chi connectivity index (χ0n) is 11.9. The highest BCUT2D eigenvalue weighted by atomic mass is 19.4. The van der Waals surface area contributed by atoms with E-state index in [-0.39, 0.29) is 0 Å². The smallest absolute Gasteiger partial charge is 0.384 e. The van der Waals surface area contributed by atoms with Gasteiger partial charge in [0.2, 0.25) is 0 Å². The van der Waals surface area contributed by atoms with E-state index in [1.54, 1.807) is 6.07 Å². The van der Waals surface area contributed by atoms with Crippen molar-refractivity contribution in [2.75, 3.05) is 5.73 Å². The number of alkyl halides is 3. The van der Waals surface area contributed by atoms with Crippen LogP contribution in [0.1, 0.15) is 16.8 Å². The largest absolute Gasteiger partial charge is 0.416 e. The fraction of sp³-hybridized carbons (Fsp3) is 0.188. The van der Waals surface area contributed by atoms with Gasteiger partial charge in [-0.25, -0.2) is 4.98 Å². The van der Waals surface area contributed by atoms with E-state index >= 15 is 0 Å². The standard InChI is InChI=1S/C16H14F3N3/c1-10-8-13-14(6-7-15(20)21-13)22(10)9-11-2-4-12(5-3-11)16(17,18)19/h2-8H,9H2,1H3,(H2,20,21). The number of hydrogen-bond donors (Lipinski definition) is 1. The number of nitrogen functional groups attached to an aromatic ring is 1. The van der Waals surface area contributed by atoms with Gasteiger partial charge in [0, 0.05) is 12.2 Å². The van der Waals surface area contributed by atoms with Crippen LogP contribution in [0.25, 0.3) is 11.0 Å². The maximum Gasteiger partial charge on any atom is 0.416 e. The molecule has 0 radical (unpaired) electrons. The quantitative estimate of drug-likeness (QED) is 0.778. The third kappa shape index (κ3) is 2.64. The van der Waals surface area contributed by atoms with Crippen LogP contribution < -0.4 is 5.73 Å². The maximum atomic E-state index is 12.6. The van der Waals surface area contributed by atoms with E-state index < -0.39 is 11.7 Å². The summed E-state index contributed by atoms with van der Waals surface area (Å²) in [4.78, 5) is 4.25. The van der Waals surface area contributed by atoms with Crippen molar-refractivity contribution in [2.24, 2.45) is 0 Å². The van der Waals surface area contributed by atoms with E-state index in [1.165, 1.54) is 12.1 Å². The van der Waals surface area contributed by atoms with E-state index in [9.17, 15) is 13.2 Å². The molecular weight excluding hydrogens is 291 g/mol. The van der Waals surface area contributed by atoms with Crippen LogP contribution in [0.15, 0.2) is 42.5 Å². The van der Waals surface area contributed by atoms with Crippen LogP contribution in [0.5, 0.6) is 0 Å². The Morgan fingerprint density at radius 1 is 1.09 bits per heavy atom. The summed E-state index contributed by atoms with van der Waals surface area (Å²) in [6, 6.07) is 10.7. The van der Waals surface area contributed by atoms with Crippen LogP contribution in [-0.2, 0) is 12.7 Å². The first-order valence-corrected chi connectivity index (χ1v) is 6.73. The van der Waals surface area contributed by atoms with Gasteiger partial charge < -0.3 is 10.3 Å². The summed E-state index contributed by atoms with van der Waals surface area (Å²) in [7, 11) is 0. The Bertz CT molecular complexity index is 817. The maximum absolute atomic E-state index is 12.6. The molecule has 3 nitrogen and oxygen atoms in total. The van der Waals surface area contributed by atoms with Gasteiger partial charge in [0.05, 0.1) is 16.6 Å². The molecule has 0 amide bonds. The zero-order chi connectivity index (χ0) is 15.9. The summed E-state index contributed by atoms with van der Waals surface area (Å²) >= 11 is 0. The van der Waals surface area contributed by atoms with Gasteiger partial charge in [0.25, 0.3) is 0 Å². The Labute approximate surface area is 125 Å². The molecule has 0 aliphatic carbocycles. The molecule has 2 N–H and O–H groups in total. The average molecular weight is 305 g/mol. The van der Waals surface area contributed by atoms with Crippen LogP contribution in [0.4, 0.5) is 19.0 Å². The summed E-state index contributed by atoms with van der Waals surface area (Å²) in [5.74, 6) is 0.444. The molecule has 0 fully saturated rings. The highest BCUT2D eigenvalue weighted by Gasteiger charge is 2.29. The number of nitrogens with two attached hydrogens (primary N) is 1. The molecule has 22 heavy (non-hydrogen) atoms. The van der Waals surface area contributed by atoms with Gasteiger partial charge in [-0.3, -0.25) is 0 Å². The first-order chi connectivity index (χ1) is 10.3. The molecular formula is C16H14F3N3. The minimum Gasteiger partial charge on any atom is -0.384 e. The van der Waals surface area contributed by atoms with Crippen molar-refractivity contribution >= 4 is 16.9 Å². The highest BCUT2D eigenvalue weighted by molar-refractivity contribution is 5.78. The second-order valence-electron chi connectivity index (χ2n) is 5.21. The van der Waals surface area contributed by atoms with E-state index in [0.717, 1.165) is 34.4 Å². The lowest BCUT2D eigenvalue weighted by atomic mass is 10.1. The van der Waals surface area contributed by atoms with E-state index in [2.05, 4.69) is 4.98 Å². The topological polar surface area (TPSA) is 43.8 Å². The lowest BCUT2D eigenvalue weighted by molar-refractivity contribution is -0.137. The number of aromatic nitrogens is 2. The molecule has 3 rings (SSSR count). The number of nitrogens with zero attached hydrogens (tertiary/aromatic N) is 2. The summed E-state index contributed by atoms with van der Waals surface area (Å²) in [5, 5.41) is 0. The molecule has 0 saturated heterocycles. The summed E-state index contributed by atoms with van der Waals surface area (Å²) in [6.07, 6.45) is -4.31. The number of rotatable bonds is 2. The van der Waals surface area contributed by atoms with Gasteiger partial charge in [-0.1, -0.05) is 12.1 Å². The molecule has 0 saturated carbocycles. The number of halogens is 3. The molecule has 2 aromatic heterocycles. The fourth-order valence-corrected chi connectivity index (χ4v) is 2.48. The van der Waals surface area contributed by atoms with Gasteiger partial charge in [-0.15, -0.1) is 0 Å². The Morgan fingerprint density at radius 2 is 1.77 bits per heavy atom. The predicted octanol–water partition coefficient (Wildman–Crippen LogP) is 3.99. The van der Waals surface area contributed by atoms with Gasteiger partial charge >= 0.3 is 6.18 Å². The molecule has 2 heterocycles. The van der Waals surface area contributed by atoms with Crippen molar-refractivity contribution in [3.63, 3.8) is 0 Å². The molecule has 0 atom stereocenters. The van der Waals surface area contributed by atoms with Crippen molar-refractivity contribution in [1.29, 1.82) is 0 Å². The molecule has 0 spiro atoms. The van der Waals surface area contributed by atoms with Crippen molar-refractivity contribution < 1.29 is 13.2 Å². The predicted molar refractivity (Wildman–Crippen MR) is 79.4 cm³/mol. The lowest BCUT2D eigenvalue weighted by Crippen LogP contribution is -2.06. The summed E-state index contributed by atoms with van der Waals surface area (Å²) in [6.45, 7) is 2.42. The second kappa shape index (κ2) is 5.05. The fourth-order valence-electron chi connectivity index (χ4n) is 2.48. The third-order valence-corrected chi connectivity index (χ3v) is 3.61. The highest BCUT2D eigenvalue weighted by Crippen LogP contribution is 2.29. The zero-order valence-corrected chi connectivity index (χ0v) is 11.9. The molecule has 0 unspecified atom stereocenters. The first-order valence-electron chi connectivity index (χ1n) is 6.73. The molecule has 0 aliphatic heterocycles. The molecule has 3 aromatic rings. The SMILES string of the molecule is Cc1cc2nc(N)ccc2n1Cc1ccc(C(F)(F)F)cc1. The minimum absolute atomic E-state index is 0.444. The number of aryl methyl sites for hydroxylation is 1. The summed E-state index contributed by atoms with van der Waals surface area (Å²) in [5.41, 5.74) is 8.49. The Hall–Kier alpha value is -2.50. The number of pyridine rings is 1.